The Balaban J connectivity index is 2.16. The van der Waals surface area contributed by atoms with Crippen molar-refractivity contribution in [2.45, 2.75) is 96.7 Å². The summed E-state index contributed by atoms with van der Waals surface area (Å²) in [6, 6.07) is 14.7. The second-order valence-electron chi connectivity index (χ2n) is 14.2. The minimum atomic E-state index is -4.24. The molecule has 0 aliphatic carbocycles. The molecule has 0 spiro atoms. The van der Waals surface area contributed by atoms with Gasteiger partial charge in [-0.1, -0.05) is 77.9 Å². The maximum absolute atomic E-state index is 14.0. The standard InChI is InChI=1S/C34H44FN3O6S/c1-32(2,3)23-18-16-22(17-19-23)20-27(37-45(42,43)25-13-10-12-24(35)21-25)26-14-11-15-28(36-26)38(31(41)44-34(7,8)9)29(30(39)40)33(4,5)6/h10-19,21,27,29,37H,20H2,1-9H3,(H,39,40). The highest BCUT2D eigenvalue weighted by molar-refractivity contribution is 7.89. The van der Waals surface area contributed by atoms with E-state index in [4.69, 9.17) is 4.74 Å². The second-order valence-corrected chi connectivity index (χ2v) is 15.9. The van der Waals surface area contributed by atoms with Gasteiger partial charge < -0.3 is 9.84 Å². The van der Waals surface area contributed by atoms with Crippen LogP contribution in [0.15, 0.2) is 71.6 Å². The van der Waals surface area contributed by atoms with E-state index in [1.165, 1.54) is 18.2 Å². The number of aromatic nitrogens is 1. The predicted octanol–water partition coefficient (Wildman–Crippen LogP) is 7.02. The molecular weight excluding hydrogens is 597 g/mol. The lowest BCUT2D eigenvalue weighted by atomic mass is 9.85. The van der Waals surface area contributed by atoms with Crippen LogP contribution in [0.4, 0.5) is 15.0 Å². The minimum absolute atomic E-state index is 0.0258. The van der Waals surface area contributed by atoms with Crippen LogP contribution in [0, 0.1) is 11.2 Å². The summed E-state index contributed by atoms with van der Waals surface area (Å²) in [5.41, 5.74) is 0.150. The molecule has 0 saturated heterocycles. The minimum Gasteiger partial charge on any atom is -0.480 e. The number of aliphatic carboxylic acids is 1. The number of anilines is 1. The van der Waals surface area contributed by atoms with Gasteiger partial charge in [-0.05, 0) is 79.5 Å². The van der Waals surface area contributed by atoms with Crippen LogP contribution in [0.2, 0.25) is 0 Å². The molecule has 3 aromatic rings. The third kappa shape index (κ3) is 9.58. The van der Waals surface area contributed by atoms with Gasteiger partial charge in [0.15, 0.2) is 0 Å². The first-order valence-electron chi connectivity index (χ1n) is 14.7. The number of nitrogens with one attached hydrogen (secondary N) is 1. The number of nitrogens with zero attached hydrogens (tertiary/aromatic N) is 2. The average Bonchev–Trinajstić information content (AvgIpc) is 2.89. The number of pyridine rings is 1. The Bertz CT molecular complexity index is 1620. The number of rotatable bonds is 9. The lowest BCUT2D eigenvalue weighted by molar-refractivity contribution is -0.141. The zero-order chi connectivity index (χ0) is 34.0. The van der Waals surface area contributed by atoms with E-state index in [9.17, 15) is 27.5 Å². The third-order valence-electron chi connectivity index (χ3n) is 6.93. The van der Waals surface area contributed by atoms with Gasteiger partial charge in [-0.15, -0.1) is 0 Å². The van der Waals surface area contributed by atoms with Crippen molar-refractivity contribution in [2.75, 3.05) is 4.90 Å². The van der Waals surface area contributed by atoms with Crippen LogP contribution < -0.4 is 9.62 Å². The monoisotopic (exact) mass is 641 g/mol. The highest BCUT2D eigenvalue weighted by Gasteiger charge is 2.43. The Labute approximate surface area is 265 Å². The number of amides is 1. The van der Waals surface area contributed by atoms with Crippen molar-refractivity contribution >= 4 is 27.9 Å². The van der Waals surface area contributed by atoms with Crippen molar-refractivity contribution in [1.82, 2.24) is 9.71 Å². The lowest BCUT2D eigenvalue weighted by Gasteiger charge is -2.37. The van der Waals surface area contributed by atoms with Crippen LogP contribution in [0.3, 0.4) is 0 Å². The molecule has 11 heteroatoms. The molecule has 2 atom stereocenters. The van der Waals surface area contributed by atoms with Gasteiger partial charge in [0.05, 0.1) is 16.6 Å². The maximum Gasteiger partial charge on any atom is 0.416 e. The summed E-state index contributed by atoms with van der Waals surface area (Å²) in [4.78, 5) is 31.5. The summed E-state index contributed by atoms with van der Waals surface area (Å²) >= 11 is 0. The van der Waals surface area contributed by atoms with Gasteiger partial charge in [0.2, 0.25) is 10.0 Å². The van der Waals surface area contributed by atoms with E-state index in [1.807, 2.05) is 24.3 Å². The maximum atomic E-state index is 14.0. The summed E-state index contributed by atoms with van der Waals surface area (Å²) < 4.78 is 49.2. The fraction of sp³-hybridized carbons (Fsp3) is 0.441. The molecule has 1 amide bonds. The van der Waals surface area contributed by atoms with Crippen molar-refractivity contribution in [2.24, 2.45) is 5.41 Å². The Morgan fingerprint density at radius 3 is 2.04 bits per heavy atom. The van der Waals surface area contributed by atoms with E-state index in [0.717, 1.165) is 28.2 Å². The number of carboxylic acid groups (broad SMARTS) is 1. The Morgan fingerprint density at radius 2 is 1.53 bits per heavy atom. The molecule has 3 rings (SSSR count). The summed E-state index contributed by atoms with van der Waals surface area (Å²) in [5.74, 6) is -1.99. The summed E-state index contributed by atoms with van der Waals surface area (Å²) in [6.07, 6.45) is -0.757. The molecule has 0 bridgehead atoms. The molecular formula is C34H44FN3O6S. The summed E-state index contributed by atoms with van der Waals surface area (Å²) in [6.45, 7) is 16.3. The highest BCUT2D eigenvalue weighted by Crippen LogP contribution is 2.32. The number of ether oxygens (including phenoxy) is 1. The first-order chi connectivity index (χ1) is 20.6. The molecule has 1 heterocycles. The number of carbonyl (C=O) groups excluding carboxylic acids is 1. The molecule has 0 saturated carbocycles. The van der Waals surface area contributed by atoms with Crippen LogP contribution >= 0.6 is 0 Å². The van der Waals surface area contributed by atoms with Crippen LogP contribution in [-0.2, 0) is 31.4 Å². The normalized spacial score (nSPS) is 14.0. The SMILES string of the molecule is CC(C)(C)OC(=O)N(c1cccc(C(Cc2ccc(C(C)(C)C)cc2)NS(=O)(=O)c2cccc(F)c2)n1)C(C(=O)O)C(C)(C)C. The second kappa shape index (κ2) is 13.3. The first kappa shape index (κ1) is 35.6. The number of benzene rings is 2. The van der Waals surface area contributed by atoms with Crippen molar-refractivity contribution in [3.05, 3.63) is 89.4 Å². The van der Waals surface area contributed by atoms with Crippen LogP contribution in [0.1, 0.15) is 85.2 Å². The van der Waals surface area contributed by atoms with E-state index in [2.05, 4.69) is 30.5 Å². The zero-order valence-corrected chi connectivity index (χ0v) is 28.2. The number of sulfonamides is 1. The Hall–Kier alpha value is -3.83. The van der Waals surface area contributed by atoms with Crippen LogP contribution in [-0.4, -0.2) is 42.2 Å². The van der Waals surface area contributed by atoms with Gasteiger partial charge in [-0.25, -0.2) is 37.0 Å². The van der Waals surface area contributed by atoms with Crippen molar-refractivity contribution in [1.29, 1.82) is 0 Å². The number of halogens is 1. The first-order valence-corrected chi connectivity index (χ1v) is 16.2. The highest BCUT2D eigenvalue weighted by atomic mass is 32.2. The number of carboxylic acids is 1. The van der Waals surface area contributed by atoms with Crippen LogP contribution in [0.25, 0.3) is 0 Å². The molecule has 0 aliphatic heterocycles. The molecule has 2 unspecified atom stereocenters. The molecule has 244 valence electrons. The van der Waals surface area contributed by atoms with Gasteiger partial charge in [0.1, 0.15) is 23.3 Å². The average molecular weight is 642 g/mol. The van der Waals surface area contributed by atoms with E-state index < -0.39 is 51.0 Å². The van der Waals surface area contributed by atoms with Crippen molar-refractivity contribution in [3.63, 3.8) is 0 Å². The molecule has 9 nitrogen and oxygen atoms in total. The number of hydrogen-bond acceptors (Lipinski definition) is 6. The predicted molar refractivity (Wildman–Crippen MR) is 172 cm³/mol. The van der Waals surface area contributed by atoms with Gasteiger partial charge in [0.25, 0.3) is 0 Å². The van der Waals surface area contributed by atoms with Gasteiger partial charge in [-0.2, -0.15) is 0 Å². The molecule has 0 radical (unpaired) electrons. The van der Waals surface area contributed by atoms with Crippen molar-refractivity contribution in [3.8, 4) is 0 Å². The van der Waals surface area contributed by atoms with E-state index >= 15 is 0 Å². The van der Waals surface area contributed by atoms with Gasteiger partial charge in [-0.3, -0.25) is 0 Å². The largest absolute Gasteiger partial charge is 0.480 e. The fourth-order valence-electron chi connectivity index (χ4n) is 4.75. The smallest absolute Gasteiger partial charge is 0.416 e. The molecule has 45 heavy (non-hydrogen) atoms. The lowest BCUT2D eigenvalue weighted by Crippen LogP contribution is -2.54. The number of hydrogen-bond donors (Lipinski definition) is 2. The molecule has 0 aliphatic rings. The zero-order valence-electron chi connectivity index (χ0n) is 27.4. The molecule has 0 fully saturated rings. The van der Waals surface area contributed by atoms with E-state index in [1.54, 1.807) is 53.7 Å². The van der Waals surface area contributed by atoms with Gasteiger partial charge >= 0.3 is 12.1 Å². The summed E-state index contributed by atoms with van der Waals surface area (Å²) in [5, 5.41) is 10.2. The van der Waals surface area contributed by atoms with Crippen molar-refractivity contribution < 1.29 is 32.2 Å². The third-order valence-corrected chi connectivity index (χ3v) is 8.40. The molecule has 1 aromatic heterocycles. The van der Waals surface area contributed by atoms with E-state index in [0.29, 0.717) is 0 Å². The Morgan fingerprint density at radius 1 is 0.933 bits per heavy atom. The van der Waals surface area contributed by atoms with E-state index in [-0.39, 0.29) is 28.2 Å². The topological polar surface area (TPSA) is 126 Å². The molecule has 2 N–H and O–H groups in total. The number of carbonyl (C=O) groups is 2. The molecule has 2 aromatic carbocycles. The fourth-order valence-corrected chi connectivity index (χ4v) is 5.99. The summed E-state index contributed by atoms with van der Waals surface area (Å²) in [7, 11) is -4.24. The van der Waals surface area contributed by atoms with Crippen LogP contribution in [0.5, 0.6) is 0 Å². The Kier molecular flexibility index (Phi) is 10.5. The quantitative estimate of drug-likeness (QED) is 0.257. The van der Waals surface area contributed by atoms with Gasteiger partial charge in [0, 0.05) is 0 Å².